The molecule has 6 nitrogen and oxygen atoms in total. The predicted molar refractivity (Wildman–Crippen MR) is 109 cm³/mol. The maximum Gasteiger partial charge on any atom is 0.416 e. The first-order valence-corrected chi connectivity index (χ1v) is 10.2. The summed E-state index contributed by atoms with van der Waals surface area (Å²) in [6.07, 6.45) is 2.62. The van der Waals surface area contributed by atoms with Gasteiger partial charge in [0.05, 0.1) is 23.1 Å². The molecule has 2 aromatic heterocycles. The second-order valence-corrected chi connectivity index (χ2v) is 9.10. The van der Waals surface area contributed by atoms with Crippen molar-refractivity contribution in [3.05, 3.63) is 65.6 Å². The molecule has 0 saturated heterocycles. The zero-order valence-corrected chi connectivity index (χ0v) is 16.9. The number of carboxylic acids is 1. The summed E-state index contributed by atoms with van der Waals surface area (Å²) in [4.78, 5) is 28.2. The molecule has 3 aliphatic carbocycles. The van der Waals surface area contributed by atoms with Gasteiger partial charge in [-0.25, -0.2) is 0 Å². The molecule has 3 aromatic rings. The number of carbonyl (C=O) groups excluding carboxylic acids is 1. The van der Waals surface area contributed by atoms with E-state index in [4.69, 9.17) is 5.11 Å². The first-order valence-electron chi connectivity index (χ1n) is 10.2. The molecule has 32 heavy (non-hydrogen) atoms. The number of nitrogens with one attached hydrogen (secondary N) is 1. The van der Waals surface area contributed by atoms with E-state index in [0.29, 0.717) is 42.5 Å². The van der Waals surface area contributed by atoms with Crippen LogP contribution in [0.3, 0.4) is 0 Å². The highest BCUT2D eigenvalue weighted by molar-refractivity contribution is 6.06. The number of carboxylic acid groups (broad SMARTS) is 1. The molecular weight excluding hydrogens is 423 g/mol. The van der Waals surface area contributed by atoms with Gasteiger partial charge in [0.1, 0.15) is 0 Å². The minimum absolute atomic E-state index is 0.123. The molecule has 3 fully saturated rings. The van der Waals surface area contributed by atoms with Crippen molar-refractivity contribution in [2.75, 3.05) is 0 Å². The lowest BCUT2D eigenvalue weighted by atomic mass is 9.38. The molecule has 9 heteroatoms. The molecule has 0 radical (unpaired) electrons. The number of carbonyl (C=O) groups is 2. The molecule has 3 aliphatic rings. The number of hydrogen-bond acceptors (Lipinski definition) is 3. The molecule has 2 bridgehead atoms. The van der Waals surface area contributed by atoms with Crippen molar-refractivity contribution in [1.82, 2.24) is 14.9 Å². The van der Waals surface area contributed by atoms with Crippen molar-refractivity contribution < 1.29 is 27.9 Å². The molecule has 2 N–H and O–H groups in total. The van der Waals surface area contributed by atoms with Gasteiger partial charge in [-0.2, -0.15) is 13.2 Å². The van der Waals surface area contributed by atoms with Crippen molar-refractivity contribution in [3.8, 4) is 0 Å². The van der Waals surface area contributed by atoms with Crippen molar-refractivity contribution in [1.29, 1.82) is 0 Å². The topological polar surface area (TPSA) is 84.2 Å². The molecular formula is C23H20F3N3O3. The fourth-order valence-electron chi connectivity index (χ4n) is 5.40. The molecule has 0 unspecified atom stereocenters. The van der Waals surface area contributed by atoms with Gasteiger partial charge in [-0.3, -0.25) is 14.6 Å². The van der Waals surface area contributed by atoms with Crippen LogP contribution >= 0.6 is 0 Å². The van der Waals surface area contributed by atoms with E-state index < -0.39 is 17.7 Å². The van der Waals surface area contributed by atoms with Gasteiger partial charge in [0.25, 0.3) is 5.91 Å². The van der Waals surface area contributed by atoms with Crippen LogP contribution in [0, 0.1) is 5.41 Å². The largest absolute Gasteiger partial charge is 0.481 e. The van der Waals surface area contributed by atoms with Gasteiger partial charge in [0.15, 0.2) is 0 Å². The third-order valence-corrected chi connectivity index (χ3v) is 6.59. The van der Waals surface area contributed by atoms with E-state index in [1.807, 2.05) is 10.6 Å². The SMILES string of the molecule is O=C(O)CC12CC(NC(=O)c3cncc4ccn(Cc5ccc(C(F)(F)F)cc5)c34)(C1)C2. The van der Waals surface area contributed by atoms with Gasteiger partial charge in [-0.1, -0.05) is 12.1 Å². The fraction of sp³-hybridized carbons (Fsp3) is 0.348. The molecule has 0 atom stereocenters. The first-order chi connectivity index (χ1) is 15.1. The Labute approximate surface area is 181 Å². The Bertz CT molecular complexity index is 1210. The van der Waals surface area contributed by atoms with E-state index in [-0.39, 0.29) is 23.3 Å². The van der Waals surface area contributed by atoms with Crippen molar-refractivity contribution >= 4 is 22.8 Å². The number of pyridine rings is 1. The lowest BCUT2D eigenvalue weighted by Crippen LogP contribution is -2.75. The van der Waals surface area contributed by atoms with Crippen LogP contribution in [0.1, 0.15) is 47.2 Å². The number of rotatable bonds is 6. The number of aromatic nitrogens is 2. The number of benzene rings is 1. The van der Waals surface area contributed by atoms with E-state index in [9.17, 15) is 22.8 Å². The van der Waals surface area contributed by atoms with E-state index in [2.05, 4.69) is 10.3 Å². The van der Waals surface area contributed by atoms with Gasteiger partial charge in [0.2, 0.25) is 0 Å². The standard InChI is InChI=1S/C23H20F3N3O3/c24-23(25,26)16-3-1-14(2-4-16)10-29-6-5-15-8-27-9-17(19(15)29)20(32)28-22-11-21(12-22,13-22)7-18(30)31/h1-6,8-9H,7,10-13H2,(H,28,32)(H,30,31). The van der Waals surface area contributed by atoms with E-state index in [0.717, 1.165) is 17.5 Å². The highest BCUT2D eigenvalue weighted by atomic mass is 19.4. The molecule has 2 heterocycles. The molecule has 1 amide bonds. The molecule has 0 spiro atoms. The number of alkyl halides is 3. The minimum atomic E-state index is -4.39. The number of halogens is 3. The van der Waals surface area contributed by atoms with Crippen molar-refractivity contribution in [3.63, 3.8) is 0 Å². The third kappa shape index (κ3) is 3.41. The minimum Gasteiger partial charge on any atom is -0.481 e. The van der Waals surface area contributed by atoms with Crippen LogP contribution < -0.4 is 5.32 Å². The van der Waals surface area contributed by atoms with Gasteiger partial charge >= 0.3 is 12.1 Å². The molecule has 6 rings (SSSR count). The van der Waals surface area contributed by atoms with Gasteiger partial charge < -0.3 is 15.0 Å². The predicted octanol–water partition coefficient (Wildman–Crippen LogP) is 4.23. The summed E-state index contributed by atoms with van der Waals surface area (Å²) < 4.78 is 40.3. The summed E-state index contributed by atoms with van der Waals surface area (Å²) in [6.45, 7) is 0.304. The molecule has 166 valence electrons. The number of nitrogens with zero attached hydrogens (tertiary/aromatic N) is 2. The van der Waals surface area contributed by atoms with E-state index in [1.54, 1.807) is 12.4 Å². The average molecular weight is 443 g/mol. The number of fused-ring (bicyclic) bond motifs is 1. The van der Waals surface area contributed by atoms with Crippen LogP contribution in [-0.2, 0) is 17.5 Å². The molecule has 1 aromatic carbocycles. The van der Waals surface area contributed by atoms with Crippen LogP contribution in [0.5, 0.6) is 0 Å². The molecule has 3 saturated carbocycles. The highest BCUT2D eigenvalue weighted by Crippen LogP contribution is 2.69. The summed E-state index contributed by atoms with van der Waals surface area (Å²) >= 11 is 0. The summed E-state index contributed by atoms with van der Waals surface area (Å²) in [6, 6.07) is 6.77. The highest BCUT2D eigenvalue weighted by Gasteiger charge is 2.68. The Hall–Kier alpha value is -3.36. The number of aliphatic carboxylic acids is 1. The quantitative estimate of drug-likeness (QED) is 0.597. The maximum atomic E-state index is 13.1. The zero-order valence-electron chi connectivity index (χ0n) is 16.9. The number of amides is 1. The second-order valence-electron chi connectivity index (χ2n) is 9.10. The van der Waals surface area contributed by atoms with Crippen LogP contribution in [-0.4, -0.2) is 32.1 Å². The summed E-state index contributed by atoms with van der Waals surface area (Å²) in [5, 5.41) is 12.8. The lowest BCUT2D eigenvalue weighted by Gasteiger charge is -2.70. The lowest BCUT2D eigenvalue weighted by molar-refractivity contribution is -0.172. The number of hydrogen-bond donors (Lipinski definition) is 2. The van der Waals surface area contributed by atoms with Crippen LogP contribution in [0.4, 0.5) is 13.2 Å². The summed E-state index contributed by atoms with van der Waals surface area (Å²) in [5.74, 6) is -1.10. The van der Waals surface area contributed by atoms with Gasteiger partial charge in [0, 0.05) is 36.1 Å². The van der Waals surface area contributed by atoms with Crippen molar-refractivity contribution in [2.45, 2.75) is 43.9 Å². The van der Waals surface area contributed by atoms with Gasteiger partial charge in [-0.05, 0) is 48.4 Å². The van der Waals surface area contributed by atoms with Crippen molar-refractivity contribution in [2.24, 2.45) is 5.41 Å². The van der Waals surface area contributed by atoms with Crippen LogP contribution in [0.25, 0.3) is 10.9 Å². The van der Waals surface area contributed by atoms with E-state index in [1.165, 1.54) is 18.3 Å². The first kappa shape index (κ1) is 20.5. The Morgan fingerprint density at radius 2 is 1.78 bits per heavy atom. The second kappa shape index (κ2) is 6.82. The third-order valence-electron chi connectivity index (χ3n) is 6.59. The average Bonchev–Trinajstić information content (AvgIpc) is 3.07. The monoisotopic (exact) mass is 443 g/mol. The maximum absolute atomic E-state index is 13.1. The summed E-state index contributed by atoms with van der Waals surface area (Å²) in [5.41, 5.74) is 0.475. The Balaban J connectivity index is 1.36. The Morgan fingerprint density at radius 1 is 1.09 bits per heavy atom. The van der Waals surface area contributed by atoms with Gasteiger partial charge in [-0.15, -0.1) is 0 Å². The Morgan fingerprint density at radius 3 is 2.41 bits per heavy atom. The van der Waals surface area contributed by atoms with E-state index >= 15 is 0 Å². The zero-order chi connectivity index (χ0) is 22.7. The smallest absolute Gasteiger partial charge is 0.416 e. The fourth-order valence-corrected chi connectivity index (χ4v) is 5.40. The van der Waals surface area contributed by atoms with Crippen LogP contribution in [0.15, 0.2) is 48.9 Å². The summed E-state index contributed by atoms with van der Waals surface area (Å²) in [7, 11) is 0. The normalized spacial score (nSPS) is 24.0. The Kier molecular flexibility index (Phi) is 4.38. The molecule has 0 aliphatic heterocycles. The van der Waals surface area contributed by atoms with Crippen LogP contribution in [0.2, 0.25) is 0 Å².